The van der Waals surface area contributed by atoms with E-state index >= 15 is 0 Å². The molecule has 6 heteroatoms. The molecule has 0 aliphatic carbocycles. The quantitative estimate of drug-likeness (QED) is 0.747. The van der Waals surface area contributed by atoms with Gasteiger partial charge in [0.25, 0.3) is 0 Å². The first kappa shape index (κ1) is 11.3. The van der Waals surface area contributed by atoms with E-state index in [-0.39, 0.29) is 5.95 Å². The van der Waals surface area contributed by atoms with Gasteiger partial charge in [-0.2, -0.15) is 5.10 Å². The Morgan fingerprint density at radius 3 is 2.47 bits per heavy atom. The van der Waals surface area contributed by atoms with Gasteiger partial charge >= 0.3 is 0 Å². The molecule has 0 bridgehead atoms. The summed E-state index contributed by atoms with van der Waals surface area (Å²) in [7, 11) is 1.85. The van der Waals surface area contributed by atoms with Gasteiger partial charge < -0.3 is 5.73 Å². The number of hydrogen-bond donors (Lipinski definition) is 1. The maximum absolute atomic E-state index is 5.64. The van der Waals surface area contributed by atoms with Crippen molar-refractivity contribution in [2.75, 3.05) is 5.73 Å². The lowest BCUT2D eigenvalue weighted by Crippen LogP contribution is -2.01. The highest BCUT2D eigenvalue weighted by Gasteiger charge is 2.13. The van der Waals surface area contributed by atoms with Crippen LogP contribution in [0.3, 0.4) is 0 Å². The van der Waals surface area contributed by atoms with Gasteiger partial charge in [-0.05, 0) is 0 Å². The van der Waals surface area contributed by atoms with Crippen LogP contribution in [-0.4, -0.2) is 25.0 Å². The Labute approximate surface area is 109 Å². The fraction of sp³-hybridized carbons (Fsp3) is 0.0769. The number of rotatable bonds is 2. The van der Waals surface area contributed by atoms with Crippen LogP contribution in [0.2, 0.25) is 0 Å². The molecule has 2 N–H and O–H groups in total. The molecule has 0 saturated heterocycles. The zero-order valence-electron chi connectivity index (χ0n) is 10.4. The van der Waals surface area contributed by atoms with Gasteiger partial charge in [-0.1, -0.05) is 30.3 Å². The Balaban J connectivity index is 2.20. The van der Waals surface area contributed by atoms with E-state index in [2.05, 4.69) is 20.3 Å². The Morgan fingerprint density at radius 2 is 1.79 bits per heavy atom. The van der Waals surface area contributed by atoms with Gasteiger partial charge in [-0.25, -0.2) is 4.98 Å². The number of anilines is 1. The van der Waals surface area contributed by atoms with Crippen LogP contribution >= 0.6 is 0 Å². The van der Waals surface area contributed by atoms with Crippen molar-refractivity contribution in [1.82, 2.24) is 25.0 Å². The summed E-state index contributed by atoms with van der Waals surface area (Å²) < 4.78 is 1.71. The summed E-state index contributed by atoms with van der Waals surface area (Å²) in [6, 6.07) is 9.76. The highest BCUT2D eigenvalue weighted by Crippen LogP contribution is 2.27. The topological polar surface area (TPSA) is 82.5 Å². The number of nitrogens with two attached hydrogens (primary N) is 1. The molecule has 3 aromatic rings. The van der Waals surface area contributed by atoms with Crippen LogP contribution in [0, 0.1) is 0 Å². The van der Waals surface area contributed by atoms with Gasteiger partial charge in [0, 0.05) is 24.4 Å². The van der Waals surface area contributed by atoms with Crippen molar-refractivity contribution >= 4 is 5.95 Å². The van der Waals surface area contributed by atoms with Crippen molar-refractivity contribution in [2.24, 2.45) is 7.05 Å². The minimum Gasteiger partial charge on any atom is -0.366 e. The molecular weight excluding hydrogens is 240 g/mol. The summed E-state index contributed by atoms with van der Waals surface area (Å²) in [5.74, 6) is 0.159. The van der Waals surface area contributed by atoms with Crippen molar-refractivity contribution in [3.8, 4) is 22.5 Å². The smallest absolute Gasteiger partial charge is 0.240 e. The second-order valence-electron chi connectivity index (χ2n) is 4.14. The molecule has 0 fully saturated rings. The van der Waals surface area contributed by atoms with Crippen molar-refractivity contribution in [2.45, 2.75) is 0 Å². The summed E-state index contributed by atoms with van der Waals surface area (Å²) >= 11 is 0. The first-order valence-corrected chi connectivity index (χ1v) is 5.78. The third-order valence-electron chi connectivity index (χ3n) is 2.73. The van der Waals surface area contributed by atoms with Crippen molar-refractivity contribution in [3.05, 3.63) is 42.7 Å². The van der Waals surface area contributed by atoms with Crippen molar-refractivity contribution < 1.29 is 0 Å². The van der Waals surface area contributed by atoms with Crippen molar-refractivity contribution in [1.29, 1.82) is 0 Å². The zero-order chi connectivity index (χ0) is 13.2. The second-order valence-corrected chi connectivity index (χ2v) is 4.14. The maximum Gasteiger partial charge on any atom is 0.240 e. The van der Waals surface area contributed by atoms with Crippen LogP contribution in [0.5, 0.6) is 0 Å². The fourth-order valence-corrected chi connectivity index (χ4v) is 1.87. The second kappa shape index (κ2) is 4.49. The number of nitrogen functional groups attached to an aromatic ring is 1. The SMILES string of the molecule is Cn1cc(-c2nnc(N)nc2-c2ccccc2)cn1. The van der Waals surface area contributed by atoms with Crippen molar-refractivity contribution in [3.63, 3.8) is 0 Å². The average molecular weight is 252 g/mol. The molecular formula is C13H12N6. The fourth-order valence-electron chi connectivity index (χ4n) is 1.87. The summed E-state index contributed by atoms with van der Waals surface area (Å²) in [5, 5.41) is 12.1. The van der Waals surface area contributed by atoms with Gasteiger partial charge in [0.15, 0.2) is 0 Å². The van der Waals surface area contributed by atoms with Crippen LogP contribution < -0.4 is 5.73 Å². The molecule has 1 aromatic carbocycles. The van der Waals surface area contributed by atoms with Crippen LogP contribution in [0.1, 0.15) is 0 Å². The van der Waals surface area contributed by atoms with Gasteiger partial charge in [-0.15, -0.1) is 10.2 Å². The molecule has 3 rings (SSSR count). The monoisotopic (exact) mass is 252 g/mol. The molecule has 19 heavy (non-hydrogen) atoms. The van der Waals surface area contributed by atoms with Crippen LogP contribution in [0.4, 0.5) is 5.95 Å². The molecule has 0 spiro atoms. The molecule has 0 aliphatic rings. The van der Waals surface area contributed by atoms with Gasteiger partial charge in [0.2, 0.25) is 5.95 Å². The van der Waals surface area contributed by atoms with E-state index in [0.29, 0.717) is 11.4 Å². The molecule has 0 amide bonds. The van der Waals surface area contributed by atoms with Gasteiger partial charge in [0.05, 0.1) is 6.20 Å². The van der Waals surface area contributed by atoms with Crippen LogP contribution in [-0.2, 0) is 7.05 Å². The average Bonchev–Trinajstić information content (AvgIpc) is 2.86. The summed E-state index contributed by atoms with van der Waals surface area (Å²) in [6.45, 7) is 0. The summed E-state index contributed by atoms with van der Waals surface area (Å²) in [5.41, 5.74) is 8.84. The molecule has 0 aliphatic heterocycles. The van der Waals surface area contributed by atoms with E-state index in [9.17, 15) is 0 Å². The third kappa shape index (κ3) is 2.15. The highest BCUT2D eigenvalue weighted by molar-refractivity contribution is 5.77. The Morgan fingerprint density at radius 1 is 1.00 bits per heavy atom. The summed E-state index contributed by atoms with van der Waals surface area (Å²) in [6.07, 6.45) is 3.60. The van der Waals surface area contributed by atoms with E-state index in [0.717, 1.165) is 11.1 Å². The Kier molecular flexibility index (Phi) is 2.68. The highest BCUT2D eigenvalue weighted by atomic mass is 15.2. The number of hydrogen-bond acceptors (Lipinski definition) is 5. The molecule has 0 saturated carbocycles. The lowest BCUT2D eigenvalue weighted by Gasteiger charge is -2.05. The van der Waals surface area contributed by atoms with Crippen LogP contribution in [0.15, 0.2) is 42.7 Å². The first-order chi connectivity index (χ1) is 9.24. The largest absolute Gasteiger partial charge is 0.366 e. The molecule has 0 radical (unpaired) electrons. The minimum absolute atomic E-state index is 0.159. The standard InChI is InChI=1S/C13H12N6/c1-19-8-10(7-15-19)12-11(16-13(14)18-17-12)9-5-3-2-4-6-9/h2-8H,1H3,(H2,14,16,18). The lowest BCUT2D eigenvalue weighted by molar-refractivity contribution is 0.768. The normalized spacial score (nSPS) is 10.6. The van der Waals surface area contributed by atoms with E-state index in [1.54, 1.807) is 10.9 Å². The number of nitrogens with zero attached hydrogens (tertiary/aromatic N) is 5. The Hall–Kier alpha value is -2.76. The van der Waals surface area contributed by atoms with Gasteiger partial charge in [-0.3, -0.25) is 4.68 Å². The van der Waals surface area contributed by atoms with E-state index < -0.39 is 0 Å². The third-order valence-corrected chi connectivity index (χ3v) is 2.73. The first-order valence-electron chi connectivity index (χ1n) is 5.78. The predicted molar refractivity (Wildman–Crippen MR) is 71.9 cm³/mol. The minimum atomic E-state index is 0.159. The molecule has 0 unspecified atom stereocenters. The molecule has 6 nitrogen and oxygen atoms in total. The van der Waals surface area contributed by atoms with E-state index in [1.165, 1.54) is 0 Å². The molecule has 0 atom stereocenters. The Bertz CT molecular complexity index is 704. The molecule has 2 heterocycles. The zero-order valence-corrected chi connectivity index (χ0v) is 10.4. The predicted octanol–water partition coefficient (Wildman–Crippen LogP) is 1.52. The maximum atomic E-state index is 5.64. The number of benzene rings is 1. The van der Waals surface area contributed by atoms with E-state index in [1.807, 2.05) is 43.6 Å². The molecule has 2 aromatic heterocycles. The lowest BCUT2D eigenvalue weighted by atomic mass is 10.1. The summed E-state index contributed by atoms with van der Waals surface area (Å²) in [4.78, 5) is 4.30. The number of aromatic nitrogens is 5. The van der Waals surface area contributed by atoms with Crippen LogP contribution in [0.25, 0.3) is 22.5 Å². The van der Waals surface area contributed by atoms with E-state index in [4.69, 9.17) is 5.73 Å². The van der Waals surface area contributed by atoms with Gasteiger partial charge in [0.1, 0.15) is 11.4 Å². The molecule has 94 valence electrons. The number of aryl methyl sites for hydroxylation is 1.